The lowest BCUT2D eigenvalue weighted by Gasteiger charge is -2.42. The smallest absolute Gasteiger partial charge is 0.168 e. The average Bonchev–Trinajstić information content (AvgIpc) is 2.73. The van der Waals surface area contributed by atoms with Crippen LogP contribution < -0.4 is 0 Å². The molecule has 0 bridgehead atoms. The zero-order chi connectivity index (χ0) is 11.5. The quantitative estimate of drug-likeness (QED) is 0.737. The van der Waals surface area contributed by atoms with E-state index < -0.39 is 0 Å². The number of rotatable bonds is 4. The molecular weight excluding hydrogens is 208 g/mol. The summed E-state index contributed by atoms with van der Waals surface area (Å²) in [4.78, 5) is 0. The highest BCUT2D eigenvalue weighted by Crippen LogP contribution is 2.41. The van der Waals surface area contributed by atoms with Gasteiger partial charge in [-0.15, -0.1) is 0 Å². The predicted octanol–water partition coefficient (Wildman–Crippen LogP) is 1.73. The third kappa shape index (κ3) is 2.40. The second kappa shape index (κ2) is 5.00. The molecule has 16 heavy (non-hydrogen) atoms. The van der Waals surface area contributed by atoms with Crippen molar-refractivity contribution in [3.63, 3.8) is 0 Å². The largest absolute Gasteiger partial charge is 0.382 e. The van der Waals surface area contributed by atoms with Crippen molar-refractivity contribution >= 4 is 0 Å². The van der Waals surface area contributed by atoms with Gasteiger partial charge in [0.15, 0.2) is 5.79 Å². The van der Waals surface area contributed by atoms with Gasteiger partial charge in [-0.1, -0.05) is 0 Å². The lowest BCUT2D eigenvalue weighted by molar-refractivity contribution is -0.217. The van der Waals surface area contributed by atoms with Crippen LogP contribution in [-0.4, -0.2) is 44.9 Å². The molecule has 0 amide bonds. The van der Waals surface area contributed by atoms with Crippen LogP contribution in [0, 0.1) is 0 Å². The molecule has 94 valence electrons. The highest BCUT2D eigenvalue weighted by Gasteiger charge is 2.46. The summed E-state index contributed by atoms with van der Waals surface area (Å²) in [5, 5.41) is 0. The number of methoxy groups -OCH3 is 1. The predicted molar refractivity (Wildman–Crippen MR) is 59.3 cm³/mol. The molecule has 1 saturated heterocycles. The summed E-state index contributed by atoms with van der Waals surface area (Å²) in [5.41, 5.74) is -0.121. The number of hydrogen-bond donors (Lipinski definition) is 0. The SMILES string of the molecule is CCOC1(COC)CCC2(CC1)OCCO2. The zero-order valence-corrected chi connectivity index (χ0v) is 10.3. The van der Waals surface area contributed by atoms with Gasteiger partial charge in [0.05, 0.1) is 25.4 Å². The summed E-state index contributed by atoms with van der Waals surface area (Å²) in [6.07, 6.45) is 3.73. The zero-order valence-electron chi connectivity index (χ0n) is 10.3. The summed E-state index contributed by atoms with van der Waals surface area (Å²) in [6, 6.07) is 0. The summed E-state index contributed by atoms with van der Waals surface area (Å²) in [6.45, 7) is 4.89. The molecular formula is C12H22O4. The van der Waals surface area contributed by atoms with Gasteiger partial charge in [-0.3, -0.25) is 0 Å². The van der Waals surface area contributed by atoms with Gasteiger partial charge in [0.25, 0.3) is 0 Å². The molecule has 0 N–H and O–H groups in total. The lowest BCUT2D eigenvalue weighted by atomic mass is 9.81. The van der Waals surface area contributed by atoms with E-state index in [4.69, 9.17) is 18.9 Å². The van der Waals surface area contributed by atoms with Crippen LogP contribution >= 0.6 is 0 Å². The second-order valence-electron chi connectivity index (χ2n) is 4.66. The van der Waals surface area contributed by atoms with Crippen molar-refractivity contribution in [2.75, 3.05) is 33.5 Å². The highest BCUT2D eigenvalue weighted by atomic mass is 16.7. The van der Waals surface area contributed by atoms with Crippen molar-refractivity contribution in [3.05, 3.63) is 0 Å². The van der Waals surface area contributed by atoms with Crippen molar-refractivity contribution in [1.82, 2.24) is 0 Å². The van der Waals surface area contributed by atoms with Crippen LogP contribution in [-0.2, 0) is 18.9 Å². The van der Waals surface area contributed by atoms with E-state index in [1.807, 2.05) is 6.92 Å². The van der Waals surface area contributed by atoms with Gasteiger partial charge < -0.3 is 18.9 Å². The van der Waals surface area contributed by atoms with Gasteiger partial charge in [0, 0.05) is 26.6 Å². The van der Waals surface area contributed by atoms with Gasteiger partial charge in [-0.2, -0.15) is 0 Å². The first-order chi connectivity index (χ1) is 7.74. The van der Waals surface area contributed by atoms with Crippen molar-refractivity contribution in [2.45, 2.75) is 44.0 Å². The first-order valence-corrected chi connectivity index (χ1v) is 6.15. The number of ether oxygens (including phenoxy) is 4. The monoisotopic (exact) mass is 230 g/mol. The fourth-order valence-electron chi connectivity index (χ4n) is 2.77. The highest BCUT2D eigenvalue weighted by molar-refractivity contribution is 4.92. The van der Waals surface area contributed by atoms with E-state index in [9.17, 15) is 0 Å². The minimum Gasteiger partial charge on any atom is -0.382 e. The van der Waals surface area contributed by atoms with Crippen LogP contribution in [0.4, 0.5) is 0 Å². The standard InChI is InChI=1S/C12H22O4/c1-3-14-11(10-13-2)4-6-12(7-5-11)15-8-9-16-12/h3-10H2,1-2H3. The molecule has 1 heterocycles. The summed E-state index contributed by atoms with van der Waals surface area (Å²) >= 11 is 0. The topological polar surface area (TPSA) is 36.9 Å². The Morgan fingerprint density at radius 1 is 1.06 bits per heavy atom. The van der Waals surface area contributed by atoms with Crippen molar-refractivity contribution in [3.8, 4) is 0 Å². The van der Waals surface area contributed by atoms with Crippen LogP contribution in [0.25, 0.3) is 0 Å². The van der Waals surface area contributed by atoms with E-state index in [0.717, 1.165) is 45.5 Å². The Kier molecular flexibility index (Phi) is 3.85. The molecule has 0 unspecified atom stereocenters. The Hall–Kier alpha value is -0.160. The van der Waals surface area contributed by atoms with E-state index in [2.05, 4.69) is 0 Å². The Labute approximate surface area is 97.2 Å². The Bertz CT molecular complexity index is 205. The molecule has 4 heteroatoms. The van der Waals surface area contributed by atoms with E-state index in [0.29, 0.717) is 6.61 Å². The van der Waals surface area contributed by atoms with E-state index >= 15 is 0 Å². The van der Waals surface area contributed by atoms with Crippen LogP contribution in [0.15, 0.2) is 0 Å². The third-order valence-corrected chi connectivity index (χ3v) is 3.59. The maximum atomic E-state index is 5.88. The van der Waals surface area contributed by atoms with Gasteiger partial charge in [-0.25, -0.2) is 0 Å². The maximum absolute atomic E-state index is 5.88. The molecule has 0 aromatic heterocycles. The lowest BCUT2D eigenvalue weighted by Crippen LogP contribution is -2.47. The van der Waals surface area contributed by atoms with Crippen LogP contribution in [0.1, 0.15) is 32.6 Å². The maximum Gasteiger partial charge on any atom is 0.168 e. The van der Waals surface area contributed by atoms with Gasteiger partial charge in [0.1, 0.15) is 0 Å². The molecule has 0 radical (unpaired) electrons. The van der Waals surface area contributed by atoms with Gasteiger partial charge >= 0.3 is 0 Å². The molecule has 1 aliphatic heterocycles. The Balaban J connectivity index is 1.94. The van der Waals surface area contributed by atoms with E-state index in [-0.39, 0.29) is 11.4 Å². The molecule has 1 aliphatic carbocycles. The first kappa shape index (κ1) is 12.3. The Morgan fingerprint density at radius 2 is 1.69 bits per heavy atom. The molecule has 0 aromatic rings. The molecule has 1 spiro atoms. The van der Waals surface area contributed by atoms with Crippen LogP contribution in [0.5, 0.6) is 0 Å². The van der Waals surface area contributed by atoms with E-state index in [1.54, 1.807) is 7.11 Å². The van der Waals surface area contributed by atoms with Crippen molar-refractivity contribution < 1.29 is 18.9 Å². The van der Waals surface area contributed by atoms with Gasteiger partial charge in [0.2, 0.25) is 0 Å². The Morgan fingerprint density at radius 3 is 2.19 bits per heavy atom. The van der Waals surface area contributed by atoms with Crippen molar-refractivity contribution in [2.24, 2.45) is 0 Å². The van der Waals surface area contributed by atoms with Crippen LogP contribution in [0.3, 0.4) is 0 Å². The fourth-order valence-corrected chi connectivity index (χ4v) is 2.77. The summed E-state index contributed by atoms with van der Waals surface area (Å²) in [5.74, 6) is -0.311. The van der Waals surface area contributed by atoms with E-state index in [1.165, 1.54) is 0 Å². The average molecular weight is 230 g/mol. The molecule has 0 atom stereocenters. The number of hydrogen-bond acceptors (Lipinski definition) is 4. The third-order valence-electron chi connectivity index (χ3n) is 3.59. The molecule has 4 nitrogen and oxygen atoms in total. The minimum atomic E-state index is -0.311. The van der Waals surface area contributed by atoms with Gasteiger partial charge in [-0.05, 0) is 19.8 Å². The fraction of sp³-hybridized carbons (Fsp3) is 1.00. The summed E-state index contributed by atoms with van der Waals surface area (Å²) in [7, 11) is 1.73. The van der Waals surface area contributed by atoms with Crippen molar-refractivity contribution in [1.29, 1.82) is 0 Å². The first-order valence-electron chi connectivity index (χ1n) is 6.15. The molecule has 2 fully saturated rings. The molecule has 2 rings (SSSR count). The molecule has 1 saturated carbocycles. The minimum absolute atomic E-state index is 0.121. The molecule has 0 aromatic carbocycles. The molecule has 2 aliphatic rings. The second-order valence-corrected chi connectivity index (χ2v) is 4.66. The summed E-state index contributed by atoms with van der Waals surface area (Å²) < 4.78 is 22.6. The normalized spacial score (nSPS) is 27.4. The van der Waals surface area contributed by atoms with Crippen LogP contribution in [0.2, 0.25) is 0 Å².